The second kappa shape index (κ2) is 4.71. The summed E-state index contributed by atoms with van der Waals surface area (Å²) in [6.45, 7) is 0.459. The number of nitrogens with zero attached hydrogens (tertiary/aromatic N) is 2. The number of rotatable bonds is 4. The minimum absolute atomic E-state index is 0.0188. The SMILES string of the molecule is CS(=O)(=O)Cc1noc(C2CCC(CN)O2)n1. The van der Waals surface area contributed by atoms with E-state index in [1.807, 2.05) is 0 Å². The lowest BCUT2D eigenvalue weighted by atomic mass is 10.2. The van der Waals surface area contributed by atoms with Crippen molar-refractivity contribution in [1.82, 2.24) is 10.1 Å². The quantitative estimate of drug-likeness (QED) is 0.798. The molecule has 1 aliphatic rings. The third kappa shape index (κ3) is 3.24. The molecule has 2 N–H and O–H groups in total. The van der Waals surface area contributed by atoms with Crippen molar-refractivity contribution in [2.75, 3.05) is 12.8 Å². The van der Waals surface area contributed by atoms with Crippen LogP contribution in [0, 0.1) is 0 Å². The highest BCUT2D eigenvalue weighted by Crippen LogP contribution is 2.31. The van der Waals surface area contributed by atoms with Crippen molar-refractivity contribution in [3.63, 3.8) is 0 Å². The fourth-order valence-electron chi connectivity index (χ4n) is 1.75. The Morgan fingerprint density at radius 2 is 2.24 bits per heavy atom. The number of sulfone groups is 1. The average Bonchev–Trinajstić information content (AvgIpc) is 2.82. The smallest absolute Gasteiger partial charge is 0.255 e. The minimum atomic E-state index is -3.15. The zero-order chi connectivity index (χ0) is 12.5. The van der Waals surface area contributed by atoms with Gasteiger partial charge >= 0.3 is 0 Å². The highest BCUT2D eigenvalue weighted by Gasteiger charge is 2.30. The van der Waals surface area contributed by atoms with Crippen LogP contribution >= 0.6 is 0 Å². The van der Waals surface area contributed by atoms with Gasteiger partial charge in [0, 0.05) is 12.8 Å². The van der Waals surface area contributed by atoms with Gasteiger partial charge in [-0.2, -0.15) is 4.98 Å². The first-order valence-corrected chi connectivity index (χ1v) is 7.39. The molecule has 2 unspecified atom stereocenters. The third-order valence-corrected chi connectivity index (χ3v) is 3.30. The summed E-state index contributed by atoms with van der Waals surface area (Å²) in [5.74, 6) is 0.283. The largest absolute Gasteiger partial charge is 0.364 e. The predicted octanol–water partition coefficient (Wildman–Crippen LogP) is -0.207. The second-order valence-electron chi connectivity index (χ2n) is 4.18. The van der Waals surface area contributed by atoms with Crippen LogP contribution in [0.25, 0.3) is 0 Å². The lowest BCUT2D eigenvalue weighted by Gasteiger charge is -2.07. The van der Waals surface area contributed by atoms with Gasteiger partial charge in [-0.25, -0.2) is 8.42 Å². The van der Waals surface area contributed by atoms with E-state index in [9.17, 15) is 8.42 Å². The Labute approximate surface area is 99.2 Å². The summed E-state index contributed by atoms with van der Waals surface area (Å²) in [7, 11) is -3.15. The first-order chi connectivity index (χ1) is 7.98. The molecule has 2 atom stereocenters. The lowest BCUT2D eigenvalue weighted by Crippen LogP contribution is -2.18. The predicted molar refractivity (Wildman–Crippen MR) is 58.7 cm³/mol. The molecule has 1 fully saturated rings. The summed E-state index contributed by atoms with van der Waals surface area (Å²) >= 11 is 0. The Hall–Kier alpha value is -0.990. The number of hydrogen-bond acceptors (Lipinski definition) is 7. The van der Waals surface area contributed by atoms with Crippen molar-refractivity contribution >= 4 is 9.84 Å². The van der Waals surface area contributed by atoms with Gasteiger partial charge in [0.2, 0.25) is 0 Å². The molecular formula is C9H15N3O4S. The van der Waals surface area contributed by atoms with Gasteiger partial charge in [-0.15, -0.1) is 0 Å². The highest BCUT2D eigenvalue weighted by molar-refractivity contribution is 7.89. The van der Waals surface area contributed by atoms with Crippen LogP contribution in [-0.2, 0) is 20.3 Å². The molecule has 0 spiro atoms. The lowest BCUT2D eigenvalue weighted by molar-refractivity contribution is 0.0307. The van der Waals surface area contributed by atoms with Gasteiger partial charge in [0.15, 0.2) is 15.7 Å². The summed E-state index contributed by atoms with van der Waals surface area (Å²) in [5.41, 5.74) is 5.49. The van der Waals surface area contributed by atoms with Gasteiger partial charge < -0.3 is 15.0 Å². The maximum Gasteiger partial charge on any atom is 0.255 e. The summed E-state index contributed by atoms with van der Waals surface area (Å²) in [5, 5.41) is 3.62. The van der Waals surface area contributed by atoms with Gasteiger partial charge in [-0.3, -0.25) is 0 Å². The fourth-order valence-corrected chi connectivity index (χ4v) is 2.34. The van der Waals surface area contributed by atoms with Crippen LogP contribution in [0.3, 0.4) is 0 Å². The van der Waals surface area contributed by atoms with E-state index in [4.69, 9.17) is 15.0 Å². The molecule has 1 aliphatic heterocycles. The molecule has 96 valence electrons. The first kappa shape index (κ1) is 12.5. The Morgan fingerprint density at radius 1 is 1.47 bits per heavy atom. The van der Waals surface area contributed by atoms with E-state index in [0.29, 0.717) is 12.4 Å². The normalized spacial score (nSPS) is 25.3. The molecule has 1 saturated heterocycles. The van der Waals surface area contributed by atoms with E-state index in [-0.39, 0.29) is 23.8 Å². The molecule has 0 amide bonds. The van der Waals surface area contributed by atoms with Crippen LogP contribution < -0.4 is 5.73 Å². The maximum absolute atomic E-state index is 11.1. The van der Waals surface area contributed by atoms with Crippen molar-refractivity contribution in [2.24, 2.45) is 5.73 Å². The summed E-state index contributed by atoms with van der Waals surface area (Å²) in [4.78, 5) is 4.02. The van der Waals surface area contributed by atoms with Crippen LogP contribution in [0.5, 0.6) is 0 Å². The monoisotopic (exact) mass is 261 g/mol. The van der Waals surface area contributed by atoms with E-state index in [0.717, 1.165) is 19.1 Å². The van der Waals surface area contributed by atoms with Crippen molar-refractivity contribution in [3.05, 3.63) is 11.7 Å². The zero-order valence-corrected chi connectivity index (χ0v) is 10.3. The van der Waals surface area contributed by atoms with Crippen LogP contribution in [0.2, 0.25) is 0 Å². The molecule has 17 heavy (non-hydrogen) atoms. The summed E-state index contributed by atoms with van der Waals surface area (Å²) < 4.78 is 32.7. The molecule has 1 aromatic rings. The first-order valence-electron chi connectivity index (χ1n) is 5.33. The Bertz CT molecular complexity index is 484. The van der Waals surface area contributed by atoms with E-state index < -0.39 is 9.84 Å². The Kier molecular flexibility index (Phi) is 3.45. The maximum atomic E-state index is 11.1. The van der Waals surface area contributed by atoms with Crippen LogP contribution in [-0.4, -0.2) is 37.5 Å². The van der Waals surface area contributed by atoms with Gasteiger partial charge in [0.25, 0.3) is 5.89 Å². The second-order valence-corrected chi connectivity index (χ2v) is 6.32. The van der Waals surface area contributed by atoms with Crippen LogP contribution in [0.4, 0.5) is 0 Å². The Morgan fingerprint density at radius 3 is 2.82 bits per heavy atom. The van der Waals surface area contributed by atoms with E-state index in [1.54, 1.807) is 0 Å². The summed E-state index contributed by atoms with van der Waals surface area (Å²) in [6, 6.07) is 0. The molecule has 7 nitrogen and oxygen atoms in total. The Balaban J connectivity index is 2.04. The van der Waals surface area contributed by atoms with Crippen molar-refractivity contribution in [2.45, 2.75) is 30.8 Å². The number of nitrogens with two attached hydrogens (primary N) is 1. The fraction of sp³-hybridized carbons (Fsp3) is 0.778. The minimum Gasteiger partial charge on any atom is -0.364 e. The molecule has 2 heterocycles. The van der Waals surface area contributed by atoms with Crippen molar-refractivity contribution in [1.29, 1.82) is 0 Å². The molecule has 0 aliphatic carbocycles. The van der Waals surface area contributed by atoms with Crippen molar-refractivity contribution < 1.29 is 17.7 Å². The van der Waals surface area contributed by atoms with Gasteiger partial charge in [-0.1, -0.05) is 5.16 Å². The van der Waals surface area contributed by atoms with Gasteiger partial charge in [-0.05, 0) is 12.8 Å². The standard InChI is InChI=1S/C9H15N3O4S/c1-17(13,14)5-8-11-9(16-12-8)7-3-2-6(4-10)15-7/h6-7H,2-5,10H2,1H3. The average molecular weight is 261 g/mol. The number of aromatic nitrogens is 2. The molecule has 0 saturated carbocycles. The number of hydrogen-bond donors (Lipinski definition) is 1. The molecule has 0 aromatic carbocycles. The highest BCUT2D eigenvalue weighted by atomic mass is 32.2. The van der Waals surface area contributed by atoms with Crippen LogP contribution in [0.15, 0.2) is 4.52 Å². The molecule has 2 rings (SSSR count). The number of ether oxygens (including phenoxy) is 1. The van der Waals surface area contributed by atoms with E-state index in [1.165, 1.54) is 0 Å². The molecule has 0 radical (unpaired) electrons. The zero-order valence-electron chi connectivity index (χ0n) is 9.50. The molecule has 0 bridgehead atoms. The van der Waals surface area contributed by atoms with E-state index >= 15 is 0 Å². The van der Waals surface area contributed by atoms with E-state index in [2.05, 4.69) is 10.1 Å². The third-order valence-electron chi connectivity index (χ3n) is 2.52. The summed E-state index contributed by atoms with van der Waals surface area (Å²) in [6.07, 6.45) is 2.50. The van der Waals surface area contributed by atoms with Crippen LogP contribution in [0.1, 0.15) is 30.7 Å². The molecule has 1 aromatic heterocycles. The molecule has 8 heteroatoms. The van der Waals surface area contributed by atoms with Crippen molar-refractivity contribution in [3.8, 4) is 0 Å². The topological polar surface area (TPSA) is 108 Å². The molecular weight excluding hydrogens is 246 g/mol. The van der Waals surface area contributed by atoms with Gasteiger partial charge in [0.1, 0.15) is 11.9 Å². The van der Waals surface area contributed by atoms with Gasteiger partial charge in [0.05, 0.1) is 6.10 Å².